The van der Waals surface area contributed by atoms with Gasteiger partial charge in [-0.25, -0.2) is 8.42 Å². The summed E-state index contributed by atoms with van der Waals surface area (Å²) >= 11 is 0. The van der Waals surface area contributed by atoms with E-state index in [2.05, 4.69) is 19.2 Å². The van der Waals surface area contributed by atoms with Crippen molar-refractivity contribution in [1.82, 2.24) is 0 Å². The van der Waals surface area contributed by atoms with E-state index >= 15 is 0 Å². The van der Waals surface area contributed by atoms with E-state index < -0.39 is 15.9 Å². The topological polar surface area (TPSA) is 75.7 Å². The number of ether oxygens (including phenoxy) is 1. The zero-order valence-corrected chi connectivity index (χ0v) is 18.6. The Morgan fingerprint density at radius 3 is 2.10 bits per heavy atom. The van der Waals surface area contributed by atoms with E-state index in [0.717, 1.165) is 9.87 Å². The largest absolute Gasteiger partial charge is 0.497 e. The van der Waals surface area contributed by atoms with Gasteiger partial charge in [-0.2, -0.15) is 0 Å². The molecule has 1 N–H and O–H groups in total. The number of anilines is 2. The maximum absolute atomic E-state index is 13.3. The Kier molecular flexibility index (Phi) is 6.97. The van der Waals surface area contributed by atoms with E-state index in [1.165, 1.54) is 19.2 Å². The third kappa shape index (κ3) is 5.44. The summed E-state index contributed by atoms with van der Waals surface area (Å²) < 4.78 is 32.9. The van der Waals surface area contributed by atoms with Gasteiger partial charge in [-0.3, -0.25) is 9.10 Å². The zero-order chi connectivity index (χ0) is 22.4. The zero-order valence-electron chi connectivity index (χ0n) is 17.8. The highest BCUT2D eigenvalue weighted by atomic mass is 32.2. The monoisotopic (exact) mass is 438 g/mol. The molecule has 0 aliphatic heterocycles. The van der Waals surface area contributed by atoms with Gasteiger partial charge in [0.15, 0.2) is 0 Å². The minimum atomic E-state index is -3.97. The average molecular weight is 439 g/mol. The van der Waals surface area contributed by atoms with Crippen LogP contribution in [0.5, 0.6) is 5.75 Å². The molecule has 0 fully saturated rings. The van der Waals surface area contributed by atoms with Crippen molar-refractivity contribution >= 4 is 27.3 Å². The van der Waals surface area contributed by atoms with Crippen LogP contribution >= 0.6 is 0 Å². The standard InChI is InChI=1S/C24H26N2O4S/c1-18(2)19-9-11-20(12-10-19)25-24(27)17-26(21-7-5-4-6-8-21)31(28,29)23-15-13-22(30-3)14-16-23/h4-16,18H,17H2,1-3H3,(H,25,27). The first-order valence-corrected chi connectivity index (χ1v) is 11.4. The number of rotatable bonds is 8. The number of para-hydroxylation sites is 1. The fourth-order valence-electron chi connectivity index (χ4n) is 3.07. The highest BCUT2D eigenvalue weighted by molar-refractivity contribution is 7.92. The van der Waals surface area contributed by atoms with Crippen LogP contribution in [0.3, 0.4) is 0 Å². The number of amides is 1. The van der Waals surface area contributed by atoms with Crippen molar-refractivity contribution in [2.24, 2.45) is 0 Å². The van der Waals surface area contributed by atoms with E-state index in [4.69, 9.17) is 4.74 Å². The molecule has 31 heavy (non-hydrogen) atoms. The van der Waals surface area contributed by atoms with Crippen molar-refractivity contribution in [2.45, 2.75) is 24.7 Å². The molecule has 0 unspecified atom stereocenters. The minimum Gasteiger partial charge on any atom is -0.497 e. The molecule has 3 rings (SSSR count). The lowest BCUT2D eigenvalue weighted by Gasteiger charge is -2.24. The Balaban J connectivity index is 1.86. The molecule has 0 aliphatic rings. The normalized spacial score (nSPS) is 11.2. The van der Waals surface area contributed by atoms with E-state index in [9.17, 15) is 13.2 Å². The molecular formula is C24H26N2O4S. The third-order valence-corrected chi connectivity index (χ3v) is 6.63. The van der Waals surface area contributed by atoms with Crippen LogP contribution in [0.25, 0.3) is 0 Å². The van der Waals surface area contributed by atoms with Crippen molar-refractivity contribution in [2.75, 3.05) is 23.3 Å². The maximum atomic E-state index is 13.3. The molecule has 0 radical (unpaired) electrons. The first-order chi connectivity index (χ1) is 14.8. The number of benzene rings is 3. The molecule has 3 aromatic rings. The molecule has 6 nitrogen and oxygen atoms in total. The molecule has 0 spiro atoms. The molecule has 3 aromatic carbocycles. The van der Waals surface area contributed by atoms with Gasteiger partial charge in [0.1, 0.15) is 12.3 Å². The van der Waals surface area contributed by atoms with E-state index in [0.29, 0.717) is 23.0 Å². The van der Waals surface area contributed by atoms with Crippen LogP contribution in [0, 0.1) is 0 Å². The van der Waals surface area contributed by atoms with Gasteiger partial charge in [0, 0.05) is 5.69 Å². The van der Waals surface area contributed by atoms with E-state index in [1.807, 2.05) is 24.3 Å². The second-order valence-corrected chi connectivity index (χ2v) is 9.21. The Bertz CT molecular complexity index is 1110. The molecule has 0 atom stereocenters. The lowest BCUT2D eigenvalue weighted by atomic mass is 10.0. The lowest BCUT2D eigenvalue weighted by Crippen LogP contribution is -2.38. The van der Waals surface area contributed by atoms with Crippen LogP contribution in [0.2, 0.25) is 0 Å². The van der Waals surface area contributed by atoms with Crippen LogP contribution in [0.4, 0.5) is 11.4 Å². The van der Waals surface area contributed by atoms with E-state index in [-0.39, 0.29) is 11.4 Å². The smallest absolute Gasteiger partial charge is 0.264 e. The SMILES string of the molecule is COc1ccc(S(=O)(=O)N(CC(=O)Nc2ccc(C(C)C)cc2)c2ccccc2)cc1. The summed E-state index contributed by atoms with van der Waals surface area (Å²) in [6.45, 7) is 3.83. The van der Waals surface area contributed by atoms with Gasteiger partial charge in [-0.1, -0.05) is 44.2 Å². The van der Waals surface area contributed by atoms with Gasteiger partial charge in [-0.15, -0.1) is 0 Å². The van der Waals surface area contributed by atoms with Crippen molar-refractivity contribution in [3.63, 3.8) is 0 Å². The van der Waals surface area contributed by atoms with Crippen LogP contribution in [-0.4, -0.2) is 28.0 Å². The molecule has 0 saturated heterocycles. The molecule has 0 aromatic heterocycles. The Labute approximate surface area is 183 Å². The summed E-state index contributed by atoms with van der Waals surface area (Å²) in [6, 6.07) is 22.2. The van der Waals surface area contributed by atoms with Crippen LogP contribution < -0.4 is 14.4 Å². The average Bonchev–Trinajstić information content (AvgIpc) is 2.78. The fourth-order valence-corrected chi connectivity index (χ4v) is 4.49. The predicted molar refractivity (Wildman–Crippen MR) is 123 cm³/mol. The summed E-state index contributed by atoms with van der Waals surface area (Å²) in [5.74, 6) is 0.499. The minimum absolute atomic E-state index is 0.0752. The summed E-state index contributed by atoms with van der Waals surface area (Å²) in [4.78, 5) is 12.8. The Hall–Kier alpha value is -3.32. The summed E-state index contributed by atoms with van der Waals surface area (Å²) in [5.41, 5.74) is 2.18. The van der Waals surface area contributed by atoms with Gasteiger partial charge >= 0.3 is 0 Å². The molecule has 1 amide bonds. The summed E-state index contributed by atoms with van der Waals surface area (Å²) in [6.07, 6.45) is 0. The number of carbonyl (C=O) groups excluding carboxylic acids is 1. The number of nitrogens with one attached hydrogen (secondary N) is 1. The predicted octanol–water partition coefficient (Wildman–Crippen LogP) is 4.65. The molecule has 0 aliphatic carbocycles. The van der Waals surface area contributed by atoms with Crippen LogP contribution in [0.1, 0.15) is 25.3 Å². The third-order valence-electron chi connectivity index (χ3n) is 4.84. The second kappa shape index (κ2) is 9.66. The number of carbonyl (C=O) groups is 1. The lowest BCUT2D eigenvalue weighted by molar-refractivity contribution is -0.114. The van der Waals surface area contributed by atoms with Gasteiger partial charge < -0.3 is 10.1 Å². The molecule has 162 valence electrons. The van der Waals surface area contributed by atoms with Crippen molar-refractivity contribution in [1.29, 1.82) is 0 Å². The Morgan fingerprint density at radius 2 is 1.55 bits per heavy atom. The first-order valence-electron chi connectivity index (χ1n) is 9.93. The van der Waals surface area contributed by atoms with Crippen molar-refractivity contribution in [3.8, 4) is 5.75 Å². The summed E-state index contributed by atoms with van der Waals surface area (Å²) in [5, 5.41) is 2.79. The second-order valence-electron chi connectivity index (χ2n) is 7.35. The fraction of sp³-hybridized carbons (Fsp3) is 0.208. The van der Waals surface area contributed by atoms with Crippen molar-refractivity contribution in [3.05, 3.63) is 84.4 Å². The van der Waals surface area contributed by atoms with Gasteiger partial charge in [-0.05, 0) is 60.0 Å². The number of hydrogen-bond donors (Lipinski definition) is 1. The quantitative estimate of drug-likeness (QED) is 0.555. The molecule has 0 saturated carbocycles. The Morgan fingerprint density at radius 1 is 0.935 bits per heavy atom. The van der Waals surface area contributed by atoms with Gasteiger partial charge in [0.05, 0.1) is 17.7 Å². The molecule has 7 heteroatoms. The summed E-state index contributed by atoms with van der Waals surface area (Å²) in [7, 11) is -2.46. The molecule has 0 heterocycles. The van der Waals surface area contributed by atoms with Gasteiger partial charge in [0.25, 0.3) is 10.0 Å². The van der Waals surface area contributed by atoms with Crippen LogP contribution in [0.15, 0.2) is 83.8 Å². The first kappa shape index (κ1) is 22.4. The van der Waals surface area contributed by atoms with Crippen LogP contribution in [-0.2, 0) is 14.8 Å². The maximum Gasteiger partial charge on any atom is 0.264 e. The number of sulfonamides is 1. The number of hydrogen-bond acceptors (Lipinski definition) is 4. The highest BCUT2D eigenvalue weighted by Crippen LogP contribution is 2.25. The molecule has 0 bridgehead atoms. The number of methoxy groups -OCH3 is 1. The highest BCUT2D eigenvalue weighted by Gasteiger charge is 2.27. The molecular weight excluding hydrogens is 412 g/mol. The van der Waals surface area contributed by atoms with Gasteiger partial charge in [0.2, 0.25) is 5.91 Å². The van der Waals surface area contributed by atoms with Crippen molar-refractivity contribution < 1.29 is 17.9 Å². The number of nitrogens with zero attached hydrogens (tertiary/aromatic N) is 1. The van der Waals surface area contributed by atoms with E-state index in [1.54, 1.807) is 42.5 Å².